The molecule has 2 N–H and O–H groups in total. The number of carbonyl (C=O) groups is 2. The van der Waals surface area contributed by atoms with E-state index in [1.54, 1.807) is 12.1 Å². The number of carbonyl (C=O) groups excluding carboxylic acids is 1. The van der Waals surface area contributed by atoms with Gasteiger partial charge in [-0.05, 0) is 30.9 Å². The van der Waals surface area contributed by atoms with E-state index in [-0.39, 0.29) is 5.91 Å². The molecule has 0 spiro atoms. The van der Waals surface area contributed by atoms with Crippen molar-refractivity contribution >= 4 is 17.6 Å². The van der Waals surface area contributed by atoms with Gasteiger partial charge < -0.3 is 10.4 Å². The highest BCUT2D eigenvalue weighted by Crippen LogP contribution is 2.38. The normalized spacial score (nSPS) is 26.1. The minimum Gasteiger partial charge on any atom is -0.481 e. The molecule has 1 aliphatic carbocycles. The van der Waals surface area contributed by atoms with Crippen LogP contribution in [-0.4, -0.2) is 17.0 Å². The Morgan fingerprint density at radius 1 is 1.21 bits per heavy atom. The summed E-state index contributed by atoms with van der Waals surface area (Å²) in [6.07, 6.45) is 2.21. The van der Waals surface area contributed by atoms with Gasteiger partial charge in [0.25, 0.3) is 0 Å². The number of anilines is 1. The van der Waals surface area contributed by atoms with E-state index in [1.807, 2.05) is 25.1 Å². The van der Waals surface area contributed by atoms with Crippen molar-refractivity contribution in [3.8, 4) is 0 Å². The minimum atomic E-state index is -0.857. The van der Waals surface area contributed by atoms with Crippen LogP contribution in [0.3, 0.4) is 0 Å². The molecule has 0 bridgehead atoms. The zero-order chi connectivity index (χ0) is 13.8. The van der Waals surface area contributed by atoms with Crippen molar-refractivity contribution in [3.05, 3.63) is 30.3 Å². The highest BCUT2D eigenvalue weighted by Gasteiger charge is 2.42. The quantitative estimate of drug-likeness (QED) is 0.875. The Morgan fingerprint density at radius 3 is 2.42 bits per heavy atom. The Hall–Kier alpha value is -1.84. The SMILES string of the molecule is CCC1CC(C(=O)O)C(C(=O)Nc2ccccc2)C1. The molecule has 4 heteroatoms. The Bertz CT molecular complexity index is 458. The molecular weight excluding hydrogens is 242 g/mol. The zero-order valence-electron chi connectivity index (χ0n) is 11.0. The molecule has 2 rings (SSSR count). The first kappa shape index (κ1) is 13.6. The lowest BCUT2D eigenvalue weighted by molar-refractivity contribution is -0.145. The van der Waals surface area contributed by atoms with Gasteiger partial charge in [0, 0.05) is 5.69 Å². The average molecular weight is 261 g/mol. The molecule has 1 aromatic rings. The number of amides is 1. The fourth-order valence-corrected chi connectivity index (χ4v) is 2.80. The number of para-hydroxylation sites is 1. The van der Waals surface area contributed by atoms with E-state index >= 15 is 0 Å². The van der Waals surface area contributed by atoms with Gasteiger partial charge in [-0.25, -0.2) is 0 Å². The van der Waals surface area contributed by atoms with Gasteiger partial charge in [0.2, 0.25) is 5.91 Å². The Labute approximate surface area is 112 Å². The Morgan fingerprint density at radius 2 is 1.84 bits per heavy atom. The minimum absolute atomic E-state index is 0.172. The Kier molecular flexibility index (Phi) is 4.20. The van der Waals surface area contributed by atoms with Crippen LogP contribution in [0.1, 0.15) is 26.2 Å². The van der Waals surface area contributed by atoms with E-state index in [9.17, 15) is 14.7 Å². The molecule has 1 aliphatic rings. The van der Waals surface area contributed by atoms with Gasteiger partial charge in [-0.1, -0.05) is 31.5 Å². The first-order chi connectivity index (χ1) is 9.11. The third-order valence-corrected chi connectivity index (χ3v) is 3.93. The van der Waals surface area contributed by atoms with E-state index in [0.717, 1.165) is 12.1 Å². The summed E-state index contributed by atoms with van der Waals surface area (Å²) in [6.45, 7) is 2.04. The van der Waals surface area contributed by atoms with Crippen LogP contribution in [0.5, 0.6) is 0 Å². The van der Waals surface area contributed by atoms with Crippen LogP contribution in [0, 0.1) is 17.8 Å². The van der Waals surface area contributed by atoms with E-state index in [0.29, 0.717) is 18.8 Å². The summed E-state index contributed by atoms with van der Waals surface area (Å²) < 4.78 is 0. The van der Waals surface area contributed by atoms with Gasteiger partial charge in [0.1, 0.15) is 0 Å². The molecule has 102 valence electrons. The second-order valence-corrected chi connectivity index (χ2v) is 5.15. The highest BCUT2D eigenvalue weighted by atomic mass is 16.4. The largest absolute Gasteiger partial charge is 0.481 e. The summed E-state index contributed by atoms with van der Waals surface area (Å²) in [5.74, 6) is -1.65. The van der Waals surface area contributed by atoms with Crippen LogP contribution < -0.4 is 5.32 Å². The molecular formula is C15H19NO3. The molecule has 0 heterocycles. The van der Waals surface area contributed by atoms with Crippen molar-refractivity contribution in [2.45, 2.75) is 26.2 Å². The van der Waals surface area contributed by atoms with Crippen LogP contribution in [0.4, 0.5) is 5.69 Å². The number of hydrogen-bond donors (Lipinski definition) is 2. The third kappa shape index (κ3) is 3.13. The number of carboxylic acids is 1. The highest BCUT2D eigenvalue weighted by molar-refractivity contribution is 5.95. The maximum atomic E-state index is 12.2. The molecule has 1 saturated carbocycles. The number of benzene rings is 1. The number of nitrogens with one attached hydrogen (secondary N) is 1. The standard InChI is InChI=1S/C15H19NO3/c1-2-10-8-12(13(9-10)15(18)19)14(17)16-11-6-4-3-5-7-11/h3-7,10,12-13H,2,8-9H2,1H3,(H,16,17)(H,18,19). The lowest BCUT2D eigenvalue weighted by atomic mass is 9.95. The molecule has 1 fully saturated rings. The van der Waals surface area contributed by atoms with Crippen molar-refractivity contribution in [1.29, 1.82) is 0 Å². The summed E-state index contributed by atoms with van der Waals surface area (Å²) in [5.41, 5.74) is 0.719. The average Bonchev–Trinajstić information content (AvgIpc) is 2.84. The summed E-state index contributed by atoms with van der Waals surface area (Å²) >= 11 is 0. The summed E-state index contributed by atoms with van der Waals surface area (Å²) in [7, 11) is 0. The predicted octanol–water partition coefficient (Wildman–Crippen LogP) is 2.76. The van der Waals surface area contributed by atoms with Gasteiger partial charge in [-0.15, -0.1) is 0 Å². The molecule has 0 aromatic heterocycles. The van der Waals surface area contributed by atoms with Crippen LogP contribution >= 0.6 is 0 Å². The van der Waals surface area contributed by atoms with Gasteiger partial charge >= 0.3 is 5.97 Å². The predicted molar refractivity (Wildman–Crippen MR) is 72.7 cm³/mol. The summed E-state index contributed by atoms with van der Waals surface area (Å²) in [4.78, 5) is 23.5. The molecule has 0 aliphatic heterocycles. The van der Waals surface area contributed by atoms with Gasteiger partial charge in [0.15, 0.2) is 0 Å². The topological polar surface area (TPSA) is 66.4 Å². The molecule has 1 amide bonds. The molecule has 1 aromatic carbocycles. The number of carboxylic acid groups (broad SMARTS) is 1. The van der Waals surface area contributed by atoms with Crippen molar-refractivity contribution in [2.75, 3.05) is 5.32 Å². The zero-order valence-corrected chi connectivity index (χ0v) is 11.0. The number of rotatable bonds is 4. The fraction of sp³-hybridized carbons (Fsp3) is 0.467. The molecule has 3 atom stereocenters. The van der Waals surface area contributed by atoms with Crippen LogP contribution in [0.15, 0.2) is 30.3 Å². The second-order valence-electron chi connectivity index (χ2n) is 5.15. The Balaban J connectivity index is 2.07. The molecule has 0 saturated heterocycles. The monoisotopic (exact) mass is 261 g/mol. The van der Waals surface area contributed by atoms with Crippen molar-refractivity contribution in [1.82, 2.24) is 0 Å². The van der Waals surface area contributed by atoms with E-state index in [2.05, 4.69) is 5.32 Å². The van der Waals surface area contributed by atoms with Crippen LogP contribution in [0.2, 0.25) is 0 Å². The number of hydrogen-bond acceptors (Lipinski definition) is 2. The summed E-state index contributed by atoms with van der Waals surface area (Å²) in [5, 5.41) is 12.0. The van der Waals surface area contributed by atoms with Crippen molar-refractivity contribution in [3.63, 3.8) is 0 Å². The van der Waals surface area contributed by atoms with E-state index in [4.69, 9.17) is 0 Å². The molecule has 3 unspecified atom stereocenters. The third-order valence-electron chi connectivity index (χ3n) is 3.93. The van der Waals surface area contributed by atoms with Crippen molar-refractivity contribution in [2.24, 2.45) is 17.8 Å². The van der Waals surface area contributed by atoms with Gasteiger partial charge in [0.05, 0.1) is 11.8 Å². The molecule has 0 radical (unpaired) electrons. The fourth-order valence-electron chi connectivity index (χ4n) is 2.80. The first-order valence-electron chi connectivity index (χ1n) is 6.70. The molecule has 19 heavy (non-hydrogen) atoms. The lowest BCUT2D eigenvalue weighted by Gasteiger charge is -2.15. The smallest absolute Gasteiger partial charge is 0.307 e. The van der Waals surface area contributed by atoms with Crippen LogP contribution in [-0.2, 0) is 9.59 Å². The lowest BCUT2D eigenvalue weighted by Crippen LogP contribution is -2.29. The maximum absolute atomic E-state index is 12.2. The van der Waals surface area contributed by atoms with Crippen molar-refractivity contribution < 1.29 is 14.7 Å². The van der Waals surface area contributed by atoms with E-state index in [1.165, 1.54) is 0 Å². The summed E-state index contributed by atoms with van der Waals surface area (Å²) in [6, 6.07) is 9.17. The van der Waals surface area contributed by atoms with Gasteiger partial charge in [-0.2, -0.15) is 0 Å². The van der Waals surface area contributed by atoms with Crippen LogP contribution in [0.25, 0.3) is 0 Å². The molecule has 4 nitrogen and oxygen atoms in total. The second kappa shape index (κ2) is 5.87. The number of aliphatic carboxylic acids is 1. The van der Waals surface area contributed by atoms with E-state index < -0.39 is 17.8 Å². The van der Waals surface area contributed by atoms with Gasteiger partial charge in [-0.3, -0.25) is 9.59 Å². The maximum Gasteiger partial charge on any atom is 0.307 e. The first-order valence-corrected chi connectivity index (χ1v) is 6.70.